The van der Waals surface area contributed by atoms with Crippen molar-refractivity contribution < 1.29 is 10.2 Å². The first-order chi connectivity index (χ1) is 13.6. The molecule has 4 heteroatoms. The molecule has 0 aliphatic rings. The van der Waals surface area contributed by atoms with E-state index in [4.69, 9.17) is 0 Å². The lowest BCUT2D eigenvalue weighted by Gasteiger charge is -2.04. The van der Waals surface area contributed by atoms with Crippen LogP contribution in [-0.4, -0.2) is 10.2 Å². The second-order valence-corrected chi connectivity index (χ2v) is 6.10. The minimum Gasteiger partial charge on any atom is -0.508 e. The summed E-state index contributed by atoms with van der Waals surface area (Å²) in [5.41, 5.74) is 4.06. The van der Waals surface area contributed by atoms with Crippen LogP contribution in [0.4, 0.5) is 0 Å². The molecule has 4 nitrogen and oxygen atoms in total. The van der Waals surface area contributed by atoms with Crippen LogP contribution in [0, 0.1) is 22.7 Å². The van der Waals surface area contributed by atoms with E-state index >= 15 is 0 Å². The average molecular weight is 364 g/mol. The number of nitrogens with zero attached hydrogens (tertiary/aromatic N) is 2. The van der Waals surface area contributed by atoms with Gasteiger partial charge in [0.15, 0.2) is 0 Å². The third-order valence-corrected chi connectivity index (χ3v) is 4.16. The molecule has 0 radical (unpaired) electrons. The molecular weight excluding hydrogens is 348 g/mol. The van der Waals surface area contributed by atoms with E-state index in [1.54, 1.807) is 84.9 Å². The lowest BCUT2D eigenvalue weighted by Crippen LogP contribution is -1.86. The number of hydrogen-bond acceptors (Lipinski definition) is 4. The topological polar surface area (TPSA) is 88.0 Å². The molecule has 0 amide bonds. The van der Waals surface area contributed by atoms with E-state index in [2.05, 4.69) is 12.1 Å². The smallest absolute Gasteiger partial charge is 0.115 e. The second-order valence-electron chi connectivity index (χ2n) is 6.10. The number of nitriles is 2. The van der Waals surface area contributed by atoms with Gasteiger partial charge in [-0.25, -0.2) is 0 Å². The van der Waals surface area contributed by atoms with Crippen LogP contribution in [0.25, 0.3) is 23.3 Å². The summed E-state index contributed by atoms with van der Waals surface area (Å²) in [4.78, 5) is 0. The van der Waals surface area contributed by atoms with Crippen LogP contribution in [0.2, 0.25) is 0 Å². The molecule has 0 heterocycles. The van der Waals surface area contributed by atoms with Crippen LogP contribution in [0.3, 0.4) is 0 Å². The van der Waals surface area contributed by atoms with Crippen molar-refractivity contribution in [2.45, 2.75) is 0 Å². The highest BCUT2D eigenvalue weighted by Crippen LogP contribution is 2.23. The molecular formula is C24H16N2O2. The monoisotopic (exact) mass is 364 g/mol. The molecule has 2 N–H and O–H groups in total. The summed E-state index contributed by atoms with van der Waals surface area (Å²) < 4.78 is 0. The predicted octanol–water partition coefficient (Wildman–Crippen LogP) is 5.23. The van der Waals surface area contributed by atoms with E-state index in [1.165, 1.54) is 0 Å². The van der Waals surface area contributed by atoms with Crippen LogP contribution in [-0.2, 0) is 0 Å². The Labute approximate surface area is 163 Å². The highest BCUT2D eigenvalue weighted by atomic mass is 16.3. The molecule has 3 aromatic rings. The summed E-state index contributed by atoms with van der Waals surface area (Å²) in [6, 6.07) is 24.8. The Hall–Kier alpha value is -4.28. The molecule has 3 rings (SSSR count). The Balaban J connectivity index is 1.89. The van der Waals surface area contributed by atoms with Gasteiger partial charge in [0.25, 0.3) is 0 Å². The summed E-state index contributed by atoms with van der Waals surface area (Å²) in [7, 11) is 0. The Kier molecular flexibility index (Phi) is 5.55. The molecule has 0 atom stereocenters. The number of benzene rings is 3. The fourth-order valence-corrected chi connectivity index (χ4v) is 2.66. The van der Waals surface area contributed by atoms with Crippen LogP contribution >= 0.6 is 0 Å². The first kappa shape index (κ1) is 18.5. The molecule has 3 aromatic carbocycles. The van der Waals surface area contributed by atoms with Crippen LogP contribution in [0.5, 0.6) is 11.5 Å². The molecule has 0 aromatic heterocycles. The van der Waals surface area contributed by atoms with Gasteiger partial charge in [-0.05, 0) is 58.7 Å². The van der Waals surface area contributed by atoms with E-state index in [9.17, 15) is 20.7 Å². The number of hydrogen-bond donors (Lipinski definition) is 2. The third-order valence-electron chi connectivity index (χ3n) is 4.16. The van der Waals surface area contributed by atoms with E-state index < -0.39 is 0 Å². The zero-order valence-electron chi connectivity index (χ0n) is 14.9. The summed E-state index contributed by atoms with van der Waals surface area (Å²) >= 11 is 0. The zero-order chi connectivity index (χ0) is 19.9. The molecule has 0 aliphatic heterocycles. The molecule has 0 aliphatic carbocycles. The van der Waals surface area contributed by atoms with Gasteiger partial charge in [0.1, 0.15) is 11.5 Å². The van der Waals surface area contributed by atoms with Gasteiger partial charge < -0.3 is 10.2 Å². The molecule has 0 unspecified atom stereocenters. The van der Waals surface area contributed by atoms with Gasteiger partial charge in [-0.1, -0.05) is 48.5 Å². The minimum absolute atomic E-state index is 0.171. The number of allylic oxidation sites excluding steroid dienone is 2. The Morgan fingerprint density at radius 1 is 0.571 bits per heavy atom. The SMILES string of the molecule is N#C/C(=C\c1ccc(O)cc1)c1ccc(/C(C#N)=C/c2ccc(O)cc2)cc1. The average Bonchev–Trinajstić information content (AvgIpc) is 2.73. The first-order valence-electron chi connectivity index (χ1n) is 8.51. The minimum atomic E-state index is 0.171. The zero-order valence-corrected chi connectivity index (χ0v) is 14.9. The number of aromatic hydroxyl groups is 2. The van der Waals surface area contributed by atoms with Crippen molar-refractivity contribution in [3.8, 4) is 23.6 Å². The Bertz CT molecular complexity index is 1020. The Morgan fingerprint density at radius 3 is 1.18 bits per heavy atom. The largest absolute Gasteiger partial charge is 0.508 e. The fraction of sp³-hybridized carbons (Fsp3) is 0. The van der Waals surface area contributed by atoms with Gasteiger partial charge in [0.2, 0.25) is 0 Å². The normalized spacial score (nSPS) is 11.5. The van der Waals surface area contributed by atoms with E-state index in [0.29, 0.717) is 11.1 Å². The van der Waals surface area contributed by atoms with E-state index in [0.717, 1.165) is 22.3 Å². The molecule has 0 saturated carbocycles. The van der Waals surface area contributed by atoms with Crippen molar-refractivity contribution in [1.29, 1.82) is 10.5 Å². The second kappa shape index (κ2) is 8.40. The van der Waals surface area contributed by atoms with E-state index in [1.807, 2.05) is 0 Å². The van der Waals surface area contributed by atoms with Crippen molar-refractivity contribution >= 4 is 23.3 Å². The number of phenolic OH excluding ortho intramolecular Hbond substituents is 2. The summed E-state index contributed by atoms with van der Waals surface area (Å²) in [6.45, 7) is 0. The third kappa shape index (κ3) is 4.46. The lowest BCUT2D eigenvalue weighted by molar-refractivity contribution is 0.474. The maximum absolute atomic E-state index is 9.49. The number of phenols is 2. The maximum atomic E-state index is 9.49. The summed E-state index contributed by atoms with van der Waals surface area (Å²) in [5.74, 6) is 0.342. The summed E-state index contributed by atoms with van der Waals surface area (Å²) in [6.07, 6.45) is 3.48. The van der Waals surface area contributed by atoms with Crippen LogP contribution < -0.4 is 0 Å². The first-order valence-corrected chi connectivity index (χ1v) is 8.51. The lowest BCUT2D eigenvalue weighted by atomic mass is 9.99. The molecule has 0 bridgehead atoms. The van der Waals surface area contributed by atoms with Crippen LogP contribution in [0.1, 0.15) is 22.3 Å². The molecule has 28 heavy (non-hydrogen) atoms. The Morgan fingerprint density at radius 2 is 0.893 bits per heavy atom. The van der Waals surface area contributed by atoms with E-state index in [-0.39, 0.29) is 11.5 Å². The van der Waals surface area contributed by atoms with Crippen molar-refractivity contribution in [3.63, 3.8) is 0 Å². The van der Waals surface area contributed by atoms with Crippen molar-refractivity contribution in [3.05, 3.63) is 95.1 Å². The standard InChI is InChI=1S/C24H16N2O2/c25-15-21(13-17-1-9-23(27)10-2-17)19-5-7-20(8-6-19)22(16-26)14-18-3-11-24(28)12-4-18/h1-14,27-28H/b21-13+,22-14+. The van der Waals surface area contributed by atoms with Crippen molar-refractivity contribution in [2.24, 2.45) is 0 Å². The predicted molar refractivity (Wildman–Crippen MR) is 110 cm³/mol. The molecule has 0 spiro atoms. The molecule has 134 valence electrons. The van der Waals surface area contributed by atoms with Gasteiger partial charge >= 0.3 is 0 Å². The van der Waals surface area contributed by atoms with Crippen LogP contribution in [0.15, 0.2) is 72.8 Å². The molecule has 0 fully saturated rings. The summed E-state index contributed by atoms with van der Waals surface area (Å²) in [5, 5.41) is 37.7. The van der Waals surface area contributed by atoms with Crippen molar-refractivity contribution in [2.75, 3.05) is 0 Å². The fourth-order valence-electron chi connectivity index (χ4n) is 2.66. The van der Waals surface area contributed by atoms with Gasteiger partial charge in [-0.15, -0.1) is 0 Å². The highest BCUT2D eigenvalue weighted by Gasteiger charge is 2.05. The highest BCUT2D eigenvalue weighted by molar-refractivity contribution is 5.92. The maximum Gasteiger partial charge on any atom is 0.115 e. The van der Waals surface area contributed by atoms with Gasteiger partial charge in [-0.3, -0.25) is 0 Å². The van der Waals surface area contributed by atoms with Crippen molar-refractivity contribution in [1.82, 2.24) is 0 Å². The quantitative estimate of drug-likeness (QED) is 0.490. The molecule has 0 saturated heterocycles. The van der Waals surface area contributed by atoms with Gasteiger partial charge in [0.05, 0.1) is 23.3 Å². The van der Waals surface area contributed by atoms with Gasteiger partial charge in [-0.2, -0.15) is 10.5 Å². The van der Waals surface area contributed by atoms with Gasteiger partial charge in [0, 0.05) is 0 Å². The number of rotatable bonds is 4.